The molecule has 0 atom stereocenters. The van der Waals surface area contributed by atoms with Crippen LogP contribution < -0.4 is 9.80 Å². The zero-order chi connectivity index (χ0) is 14.3. The number of hydrogen-bond donors (Lipinski definition) is 0. The van der Waals surface area contributed by atoms with Crippen molar-refractivity contribution >= 4 is 33.0 Å². The minimum Gasteiger partial charge on any atom is -0.348 e. The molecule has 1 aliphatic heterocycles. The average molecular weight is 337 g/mol. The molecule has 2 aromatic rings. The van der Waals surface area contributed by atoms with E-state index in [0.29, 0.717) is 18.4 Å². The summed E-state index contributed by atoms with van der Waals surface area (Å²) in [6.45, 7) is 4.82. The van der Waals surface area contributed by atoms with Gasteiger partial charge in [0.2, 0.25) is 0 Å². The van der Waals surface area contributed by atoms with E-state index in [0.717, 1.165) is 16.0 Å². The van der Waals surface area contributed by atoms with Crippen LogP contribution in [0.3, 0.4) is 0 Å². The average Bonchev–Trinajstić information content (AvgIpc) is 2.78. The van der Waals surface area contributed by atoms with Crippen molar-refractivity contribution in [3.63, 3.8) is 0 Å². The lowest BCUT2D eigenvalue weighted by Crippen LogP contribution is -2.33. The Hall–Kier alpha value is -1.69. The van der Waals surface area contributed by atoms with Crippen molar-refractivity contribution in [2.45, 2.75) is 19.9 Å². The first-order chi connectivity index (χ1) is 9.58. The molecule has 0 aliphatic carbocycles. The quantitative estimate of drug-likeness (QED) is 0.782. The van der Waals surface area contributed by atoms with Crippen molar-refractivity contribution in [3.8, 4) is 0 Å². The molecular formula is C14H14BrFN4. The van der Waals surface area contributed by atoms with Gasteiger partial charge in [-0.05, 0) is 41.9 Å². The number of rotatable bonds is 2. The van der Waals surface area contributed by atoms with E-state index in [1.165, 1.54) is 6.20 Å². The Morgan fingerprint density at radius 2 is 2.05 bits per heavy atom. The normalized spacial score (nSPS) is 14.1. The summed E-state index contributed by atoms with van der Waals surface area (Å²) >= 11 is 3.38. The molecule has 20 heavy (non-hydrogen) atoms. The molecule has 0 spiro atoms. The summed E-state index contributed by atoms with van der Waals surface area (Å²) in [7, 11) is 0. The van der Waals surface area contributed by atoms with Gasteiger partial charge < -0.3 is 9.80 Å². The number of aromatic nitrogens is 2. The van der Waals surface area contributed by atoms with Gasteiger partial charge in [-0.25, -0.2) is 9.37 Å². The van der Waals surface area contributed by atoms with Crippen molar-refractivity contribution in [1.29, 1.82) is 0 Å². The fourth-order valence-electron chi connectivity index (χ4n) is 2.39. The number of anilines is 3. The van der Waals surface area contributed by atoms with Gasteiger partial charge in [-0.1, -0.05) is 0 Å². The summed E-state index contributed by atoms with van der Waals surface area (Å²) < 4.78 is 14.8. The lowest BCUT2D eigenvalue weighted by Gasteiger charge is -2.25. The third-order valence-corrected chi connectivity index (χ3v) is 3.82. The standard InChI is InChI=1S/C14H14BrFN4/c1-9(2)19-8-20(11-3-4-17-6-10(11)16)12-5-14(15)18-7-13(12)19/h3-7,9H,8H2,1-2H3. The van der Waals surface area contributed by atoms with Crippen LogP contribution in [0, 0.1) is 5.82 Å². The fourth-order valence-corrected chi connectivity index (χ4v) is 2.71. The van der Waals surface area contributed by atoms with Crippen LogP contribution in [0.4, 0.5) is 21.5 Å². The van der Waals surface area contributed by atoms with E-state index in [1.807, 2.05) is 17.2 Å². The molecule has 6 heteroatoms. The Morgan fingerprint density at radius 3 is 2.75 bits per heavy atom. The van der Waals surface area contributed by atoms with Crippen LogP contribution in [-0.2, 0) is 0 Å². The van der Waals surface area contributed by atoms with Crippen LogP contribution in [0.25, 0.3) is 0 Å². The number of pyridine rings is 2. The summed E-state index contributed by atoms with van der Waals surface area (Å²) in [5.41, 5.74) is 2.49. The van der Waals surface area contributed by atoms with Crippen molar-refractivity contribution in [3.05, 3.63) is 41.1 Å². The first-order valence-electron chi connectivity index (χ1n) is 6.37. The van der Waals surface area contributed by atoms with E-state index in [4.69, 9.17) is 0 Å². The summed E-state index contributed by atoms with van der Waals surface area (Å²) in [5, 5.41) is 0. The van der Waals surface area contributed by atoms with Gasteiger partial charge in [0.15, 0.2) is 5.82 Å². The van der Waals surface area contributed by atoms with Crippen molar-refractivity contribution in [1.82, 2.24) is 9.97 Å². The SMILES string of the molecule is CC(C)N1CN(c2ccncc2F)c2cc(Br)ncc21. The first-order valence-corrected chi connectivity index (χ1v) is 7.16. The highest BCUT2D eigenvalue weighted by Crippen LogP contribution is 2.42. The van der Waals surface area contributed by atoms with Crippen molar-refractivity contribution in [2.75, 3.05) is 16.5 Å². The van der Waals surface area contributed by atoms with Crippen LogP contribution in [0.15, 0.2) is 35.3 Å². The van der Waals surface area contributed by atoms with Gasteiger partial charge in [0.25, 0.3) is 0 Å². The predicted octanol–water partition coefficient (Wildman–Crippen LogP) is 3.70. The Kier molecular flexibility index (Phi) is 3.33. The molecule has 0 radical (unpaired) electrons. The maximum atomic E-state index is 14.0. The van der Waals surface area contributed by atoms with E-state index in [1.54, 1.807) is 12.3 Å². The highest BCUT2D eigenvalue weighted by molar-refractivity contribution is 9.10. The summed E-state index contributed by atoms with van der Waals surface area (Å²) in [5.74, 6) is -0.322. The van der Waals surface area contributed by atoms with Gasteiger partial charge in [0.05, 0.1) is 36.1 Å². The molecule has 1 aliphatic rings. The highest BCUT2D eigenvalue weighted by Gasteiger charge is 2.30. The van der Waals surface area contributed by atoms with Gasteiger partial charge in [0.1, 0.15) is 4.60 Å². The number of halogens is 2. The highest BCUT2D eigenvalue weighted by atomic mass is 79.9. The second kappa shape index (κ2) is 5.01. The molecule has 3 heterocycles. The van der Waals surface area contributed by atoms with E-state index in [-0.39, 0.29) is 5.82 Å². The molecule has 3 rings (SSSR count). The van der Waals surface area contributed by atoms with Crippen molar-refractivity contribution < 1.29 is 4.39 Å². The summed E-state index contributed by atoms with van der Waals surface area (Å²) in [6.07, 6.45) is 4.66. The maximum absolute atomic E-state index is 14.0. The molecule has 0 saturated carbocycles. The van der Waals surface area contributed by atoms with Crippen LogP contribution in [-0.4, -0.2) is 22.7 Å². The molecule has 0 amide bonds. The fraction of sp³-hybridized carbons (Fsp3) is 0.286. The van der Waals surface area contributed by atoms with E-state index in [9.17, 15) is 4.39 Å². The van der Waals surface area contributed by atoms with Crippen LogP contribution >= 0.6 is 15.9 Å². The summed E-state index contributed by atoms with van der Waals surface area (Å²) in [6, 6.07) is 3.92. The maximum Gasteiger partial charge on any atom is 0.165 e. The Balaban J connectivity index is 2.12. The number of fused-ring (bicyclic) bond motifs is 1. The van der Waals surface area contributed by atoms with E-state index < -0.39 is 0 Å². The van der Waals surface area contributed by atoms with Gasteiger partial charge in [-0.3, -0.25) is 4.98 Å². The van der Waals surface area contributed by atoms with Crippen LogP contribution in [0.2, 0.25) is 0 Å². The van der Waals surface area contributed by atoms with Crippen LogP contribution in [0.5, 0.6) is 0 Å². The molecule has 2 aromatic heterocycles. The Labute approximate surface area is 125 Å². The zero-order valence-corrected chi connectivity index (χ0v) is 12.8. The third kappa shape index (κ3) is 2.14. The van der Waals surface area contributed by atoms with Gasteiger partial charge >= 0.3 is 0 Å². The lowest BCUT2D eigenvalue weighted by atomic mass is 10.3. The molecule has 0 fully saturated rings. The molecule has 4 nitrogen and oxygen atoms in total. The monoisotopic (exact) mass is 336 g/mol. The Morgan fingerprint density at radius 1 is 1.25 bits per heavy atom. The largest absolute Gasteiger partial charge is 0.348 e. The molecule has 0 bridgehead atoms. The van der Waals surface area contributed by atoms with Gasteiger partial charge in [-0.15, -0.1) is 0 Å². The molecular weight excluding hydrogens is 323 g/mol. The molecule has 0 N–H and O–H groups in total. The first kappa shape index (κ1) is 13.3. The van der Waals surface area contributed by atoms with E-state index in [2.05, 4.69) is 44.6 Å². The predicted molar refractivity (Wildman–Crippen MR) is 80.8 cm³/mol. The van der Waals surface area contributed by atoms with Crippen LogP contribution in [0.1, 0.15) is 13.8 Å². The molecule has 0 saturated heterocycles. The summed E-state index contributed by atoms with van der Waals surface area (Å²) in [4.78, 5) is 12.2. The second-order valence-electron chi connectivity index (χ2n) is 4.96. The van der Waals surface area contributed by atoms with Crippen molar-refractivity contribution in [2.24, 2.45) is 0 Å². The zero-order valence-electron chi connectivity index (χ0n) is 11.2. The Bertz CT molecular complexity index is 647. The van der Waals surface area contributed by atoms with Gasteiger partial charge in [-0.2, -0.15) is 0 Å². The minimum atomic E-state index is -0.322. The topological polar surface area (TPSA) is 32.3 Å². The number of nitrogens with zero attached hydrogens (tertiary/aromatic N) is 4. The minimum absolute atomic E-state index is 0.312. The molecule has 0 aromatic carbocycles. The lowest BCUT2D eigenvalue weighted by molar-refractivity contribution is 0.616. The second-order valence-corrected chi connectivity index (χ2v) is 5.77. The van der Waals surface area contributed by atoms with Gasteiger partial charge in [0, 0.05) is 12.2 Å². The third-order valence-electron chi connectivity index (χ3n) is 3.39. The number of hydrogen-bond acceptors (Lipinski definition) is 4. The molecule has 104 valence electrons. The van der Waals surface area contributed by atoms with E-state index >= 15 is 0 Å². The molecule has 0 unspecified atom stereocenters. The smallest absolute Gasteiger partial charge is 0.165 e.